The first-order valence-electron chi connectivity index (χ1n) is 5.86. The van der Waals surface area contributed by atoms with Crippen LogP contribution in [0, 0.1) is 0 Å². The highest BCUT2D eigenvalue weighted by Gasteiger charge is 2.23. The van der Waals surface area contributed by atoms with E-state index in [9.17, 15) is 5.11 Å². The van der Waals surface area contributed by atoms with Gasteiger partial charge in [-0.05, 0) is 37.5 Å². The van der Waals surface area contributed by atoms with Gasteiger partial charge in [-0.3, -0.25) is 0 Å². The minimum absolute atomic E-state index is 0.0893. The van der Waals surface area contributed by atoms with Gasteiger partial charge in [-0.1, -0.05) is 30.2 Å². The lowest BCUT2D eigenvalue weighted by atomic mass is 9.91. The molecule has 1 aromatic rings. The number of hydrogen-bond acceptors (Lipinski definition) is 2. The van der Waals surface area contributed by atoms with E-state index in [1.54, 1.807) is 0 Å². The number of aliphatic hydroxyl groups is 1. The molecule has 0 saturated heterocycles. The van der Waals surface area contributed by atoms with E-state index in [0.717, 1.165) is 5.56 Å². The van der Waals surface area contributed by atoms with Crippen molar-refractivity contribution in [2.45, 2.75) is 44.4 Å². The van der Waals surface area contributed by atoms with E-state index < -0.39 is 6.10 Å². The van der Waals surface area contributed by atoms with Crippen LogP contribution in [-0.4, -0.2) is 17.2 Å². The van der Waals surface area contributed by atoms with Crippen molar-refractivity contribution in [1.82, 2.24) is 5.32 Å². The van der Waals surface area contributed by atoms with Gasteiger partial charge in [0.1, 0.15) is 0 Å². The Morgan fingerprint density at radius 1 is 1.31 bits per heavy atom. The minimum Gasteiger partial charge on any atom is -0.387 e. The number of nitrogens with one attached hydrogen (secondary N) is 1. The molecule has 1 aliphatic rings. The predicted octanol–water partition coefficient (Wildman–Crippen LogP) is 2.90. The van der Waals surface area contributed by atoms with Crippen LogP contribution in [0.4, 0.5) is 0 Å². The largest absolute Gasteiger partial charge is 0.387 e. The maximum atomic E-state index is 10.1. The van der Waals surface area contributed by atoms with E-state index in [-0.39, 0.29) is 6.04 Å². The van der Waals surface area contributed by atoms with Gasteiger partial charge in [0.2, 0.25) is 0 Å². The number of rotatable bonds is 4. The first kappa shape index (κ1) is 11.9. The molecule has 0 aromatic heterocycles. The summed E-state index contributed by atoms with van der Waals surface area (Å²) >= 11 is 5.81. The fraction of sp³-hybridized carbons (Fsp3) is 0.538. The lowest BCUT2D eigenvalue weighted by molar-refractivity contribution is 0.120. The Morgan fingerprint density at radius 3 is 2.44 bits per heavy atom. The normalized spacial score (nSPS) is 20.2. The van der Waals surface area contributed by atoms with E-state index in [1.807, 2.05) is 31.2 Å². The SMILES string of the molecule is CC(NC1CCC1)C(O)c1ccc(Cl)cc1. The van der Waals surface area contributed by atoms with Crippen LogP contribution in [0.15, 0.2) is 24.3 Å². The first-order valence-corrected chi connectivity index (χ1v) is 6.24. The third kappa shape index (κ3) is 2.76. The quantitative estimate of drug-likeness (QED) is 0.847. The molecule has 1 aromatic carbocycles. The van der Waals surface area contributed by atoms with Crippen LogP contribution in [0.5, 0.6) is 0 Å². The maximum Gasteiger partial charge on any atom is 0.0940 e. The summed E-state index contributed by atoms with van der Waals surface area (Å²) in [5.74, 6) is 0. The van der Waals surface area contributed by atoms with Crippen molar-refractivity contribution < 1.29 is 5.11 Å². The topological polar surface area (TPSA) is 32.3 Å². The average Bonchev–Trinajstić information content (AvgIpc) is 2.23. The second kappa shape index (κ2) is 5.17. The number of hydrogen-bond donors (Lipinski definition) is 2. The Kier molecular flexibility index (Phi) is 3.85. The average molecular weight is 240 g/mol. The molecular formula is C13H18ClNO. The van der Waals surface area contributed by atoms with Gasteiger partial charge in [-0.15, -0.1) is 0 Å². The smallest absolute Gasteiger partial charge is 0.0940 e. The van der Waals surface area contributed by atoms with Gasteiger partial charge in [0.15, 0.2) is 0 Å². The highest BCUT2D eigenvalue weighted by Crippen LogP contribution is 2.23. The van der Waals surface area contributed by atoms with Crippen LogP contribution in [0.1, 0.15) is 37.9 Å². The molecule has 2 unspecified atom stereocenters. The van der Waals surface area contributed by atoms with Crippen molar-refractivity contribution in [1.29, 1.82) is 0 Å². The van der Waals surface area contributed by atoms with Crippen molar-refractivity contribution >= 4 is 11.6 Å². The fourth-order valence-electron chi connectivity index (χ4n) is 1.99. The molecule has 3 heteroatoms. The Bertz CT molecular complexity index is 334. The zero-order chi connectivity index (χ0) is 11.5. The summed E-state index contributed by atoms with van der Waals surface area (Å²) in [6.07, 6.45) is 3.31. The molecule has 2 atom stereocenters. The molecule has 88 valence electrons. The Hall–Kier alpha value is -0.570. The second-order valence-electron chi connectivity index (χ2n) is 4.58. The Balaban J connectivity index is 1.94. The molecule has 1 fully saturated rings. The molecule has 0 radical (unpaired) electrons. The molecule has 0 heterocycles. The zero-order valence-corrected chi connectivity index (χ0v) is 10.2. The molecule has 0 bridgehead atoms. The van der Waals surface area contributed by atoms with Crippen molar-refractivity contribution in [2.75, 3.05) is 0 Å². The number of halogens is 1. The molecule has 2 rings (SSSR count). The Labute approximate surface area is 102 Å². The summed E-state index contributed by atoms with van der Waals surface area (Å²) in [5.41, 5.74) is 0.920. The van der Waals surface area contributed by atoms with Crippen LogP contribution in [-0.2, 0) is 0 Å². The molecule has 0 aliphatic heterocycles. The molecule has 16 heavy (non-hydrogen) atoms. The predicted molar refractivity (Wildman–Crippen MR) is 66.6 cm³/mol. The molecule has 0 amide bonds. The van der Waals surface area contributed by atoms with Crippen LogP contribution in [0.3, 0.4) is 0 Å². The highest BCUT2D eigenvalue weighted by molar-refractivity contribution is 6.30. The van der Waals surface area contributed by atoms with Crippen LogP contribution >= 0.6 is 11.6 Å². The molecular weight excluding hydrogens is 222 g/mol. The summed E-state index contributed by atoms with van der Waals surface area (Å²) in [7, 11) is 0. The van der Waals surface area contributed by atoms with Gasteiger partial charge in [0.25, 0.3) is 0 Å². The van der Waals surface area contributed by atoms with Crippen LogP contribution < -0.4 is 5.32 Å². The summed E-state index contributed by atoms with van der Waals surface area (Å²) in [5, 5.41) is 14.3. The zero-order valence-electron chi connectivity index (χ0n) is 9.49. The van der Waals surface area contributed by atoms with Gasteiger partial charge < -0.3 is 10.4 Å². The van der Waals surface area contributed by atoms with Gasteiger partial charge in [-0.25, -0.2) is 0 Å². The third-order valence-electron chi connectivity index (χ3n) is 3.29. The van der Waals surface area contributed by atoms with E-state index >= 15 is 0 Å². The summed E-state index contributed by atoms with van der Waals surface area (Å²) in [4.78, 5) is 0. The maximum absolute atomic E-state index is 10.1. The monoisotopic (exact) mass is 239 g/mol. The van der Waals surface area contributed by atoms with Gasteiger partial charge in [-0.2, -0.15) is 0 Å². The van der Waals surface area contributed by atoms with Gasteiger partial charge in [0, 0.05) is 17.1 Å². The lowest BCUT2D eigenvalue weighted by Crippen LogP contribution is -2.43. The van der Waals surface area contributed by atoms with Crippen molar-refractivity contribution in [3.05, 3.63) is 34.9 Å². The third-order valence-corrected chi connectivity index (χ3v) is 3.54. The summed E-state index contributed by atoms with van der Waals surface area (Å²) in [6.45, 7) is 2.03. The number of benzene rings is 1. The summed E-state index contributed by atoms with van der Waals surface area (Å²) < 4.78 is 0. The van der Waals surface area contributed by atoms with E-state index in [1.165, 1.54) is 19.3 Å². The number of aliphatic hydroxyl groups excluding tert-OH is 1. The molecule has 2 N–H and O–H groups in total. The second-order valence-corrected chi connectivity index (χ2v) is 5.02. The molecule has 1 saturated carbocycles. The van der Waals surface area contributed by atoms with E-state index in [2.05, 4.69) is 5.32 Å². The fourth-order valence-corrected chi connectivity index (χ4v) is 2.11. The summed E-state index contributed by atoms with van der Waals surface area (Å²) in [6, 6.07) is 8.08. The van der Waals surface area contributed by atoms with Gasteiger partial charge in [0.05, 0.1) is 6.10 Å². The first-order chi connectivity index (χ1) is 7.66. The van der Waals surface area contributed by atoms with E-state index in [4.69, 9.17) is 11.6 Å². The van der Waals surface area contributed by atoms with Crippen LogP contribution in [0.25, 0.3) is 0 Å². The molecule has 1 aliphatic carbocycles. The molecule has 0 spiro atoms. The molecule has 2 nitrogen and oxygen atoms in total. The minimum atomic E-state index is -0.460. The standard InChI is InChI=1S/C13H18ClNO/c1-9(15-12-3-2-4-12)13(16)10-5-7-11(14)8-6-10/h5-9,12-13,15-16H,2-4H2,1H3. The van der Waals surface area contributed by atoms with Crippen molar-refractivity contribution in [3.63, 3.8) is 0 Å². The lowest BCUT2D eigenvalue weighted by Gasteiger charge is -2.32. The Morgan fingerprint density at radius 2 is 1.94 bits per heavy atom. The van der Waals surface area contributed by atoms with Crippen LogP contribution in [0.2, 0.25) is 5.02 Å². The van der Waals surface area contributed by atoms with Gasteiger partial charge >= 0.3 is 0 Å². The van der Waals surface area contributed by atoms with Crippen molar-refractivity contribution in [3.8, 4) is 0 Å². The van der Waals surface area contributed by atoms with Crippen molar-refractivity contribution in [2.24, 2.45) is 0 Å². The highest BCUT2D eigenvalue weighted by atomic mass is 35.5. The van der Waals surface area contributed by atoms with E-state index in [0.29, 0.717) is 11.1 Å².